The molecule has 28 heavy (non-hydrogen) atoms. The molecule has 0 saturated carbocycles. The molecule has 1 fully saturated rings. The number of sulfonamides is 1. The second kappa shape index (κ2) is 7.06. The van der Waals surface area contributed by atoms with E-state index in [9.17, 15) is 13.2 Å². The fourth-order valence-corrected chi connectivity index (χ4v) is 5.12. The summed E-state index contributed by atoms with van der Waals surface area (Å²) in [6.07, 6.45) is 5.06. The van der Waals surface area contributed by atoms with Gasteiger partial charge in [0.1, 0.15) is 0 Å². The Bertz CT molecular complexity index is 1110. The molecule has 9 heteroatoms. The van der Waals surface area contributed by atoms with E-state index in [1.807, 2.05) is 18.3 Å². The molecule has 0 radical (unpaired) electrons. The fraction of sp³-hybridized carbons (Fsp3) is 0.368. The van der Waals surface area contributed by atoms with Crippen LogP contribution in [0.2, 0.25) is 0 Å². The molecule has 8 nitrogen and oxygen atoms in total. The second-order valence-corrected chi connectivity index (χ2v) is 9.36. The van der Waals surface area contributed by atoms with Crippen LogP contribution in [0, 0.1) is 0 Å². The number of carbonyl (C=O) groups is 1. The number of carbonyl (C=O) groups excluding carboxylic acids is 1. The summed E-state index contributed by atoms with van der Waals surface area (Å²) in [5.74, 6) is -0.154. The van der Waals surface area contributed by atoms with Gasteiger partial charge in [-0.2, -0.15) is 5.10 Å². The highest BCUT2D eigenvalue weighted by molar-refractivity contribution is 7.89. The van der Waals surface area contributed by atoms with Crippen molar-refractivity contribution in [1.29, 1.82) is 0 Å². The van der Waals surface area contributed by atoms with E-state index >= 15 is 0 Å². The normalized spacial score (nSPS) is 16.6. The van der Waals surface area contributed by atoms with E-state index in [-0.39, 0.29) is 11.7 Å². The number of nitrogens with two attached hydrogens (primary N) is 1. The van der Waals surface area contributed by atoms with Crippen molar-refractivity contribution >= 4 is 26.8 Å². The molecule has 1 aromatic carbocycles. The highest BCUT2D eigenvalue weighted by atomic mass is 32.2. The van der Waals surface area contributed by atoms with Crippen molar-refractivity contribution in [1.82, 2.24) is 19.5 Å². The predicted molar refractivity (Wildman–Crippen MR) is 107 cm³/mol. The lowest BCUT2D eigenvalue weighted by molar-refractivity contribution is 0.100. The van der Waals surface area contributed by atoms with Gasteiger partial charge >= 0.3 is 0 Å². The van der Waals surface area contributed by atoms with Crippen molar-refractivity contribution in [2.45, 2.75) is 25.7 Å². The van der Waals surface area contributed by atoms with Crippen molar-refractivity contribution in [2.75, 3.05) is 18.8 Å². The monoisotopic (exact) mass is 401 g/mol. The van der Waals surface area contributed by atoms with Crippen molar-refractivity contribution < 1.29 is 13.2 Å². The van der Waals surface area contributed by atoms with Gasteiger partial charge in [-0.05, 0) is 49.4 Å². The molecule has 148 valence electrons. The number of fused-ring (bicyclic) bond motifs is 1. The zero-order valence-corrected chi connectivity index (χ0v) is 16.4. The average Bonchev–Trinajstić information content (AvgIpc) is 3.37. The van der Waals surface area contributed by atoms with E-state index < -0.39 is 15.9 Å². The number of hydrogen-bond donors (Lipinski definition) is 3. The van der Waals surface area contributed by atoms with Crippen molar-refractivity contribution in [3.8, 4) is 11.3 Å². The molecular weight excluding hydrogens is 378 g/mol. The lowest BCUT2D eigenvalue weighted by Gasteiger charge is -2.31. The van der Waals surface area contributed by atoms with Gasteiger partial charge in [0, 0.05) is 36.4 Å². The fourth-order valence-electron chi connectivity index (χ4n) is 3.98. The minimum atomic E-state index is -3.16. The zero-order chi connectivity index (χ0) is 19.9. The number of aromatic amines is 2. The summed E-state index contributed by atoms with van der Waals surface area (Å²) in [5.41, 5.74) is 9.49. The molecule has 3 aromatic rings. The molecule has 2 aromatic heterocycles. The van der Waals surface area contributed by atoms with Gasteiger partial charge in [0.15, 0.2) is 0 Å². The zero-order valence-electron chi connectivity index (χ0n) is 15.6. The first-order chi connectivity index (χ1) is 13.4. The maximum absolute atomic E-state index is 12.1. The van der Waals surface area contributed by atoms with Gasteiger partial charge in [0.05, 0.1) is 22.5 Å². The number of hydrogen-bond acceptors (Lipinski definition) is 4. The first-order valence-electron chi connectivity index (χ1n) is 9.33. The van der Waals surface area contributed by atoms with E-state index in [1.165, 1.54) is 0 Å². The molecule has 3 heterocycles. The molecule has 0 unspecified atom stereocenters. The van der Waals surface area contributed by atoms with Gasteiger partial charge in [-0.25, -0.2) is 12.7 Å². The summed E-state index contributed by atoms with van der Waals surface area (Å²) in [6.45, 7) is 2.69. The van der Waals surface area contributed by atoms with Crippen LogP contribution in [0.25, 0.3) is 22.2 Å². The Morgan fingerprint density at radius 1 is 1.32 bits per heavy atom. The quantitative estimate of drug-likeness (QED) is 0.606. The Morgan fingerprint density at radius 3 is 2.68 bits per heavy atom. The summed E-state index contributed by atoms with van der Waals surface area (Å²) in [7, 11) is -3.16. The smallest absolute Gasteiger partial charge is 0.250 e. The minimum Gasteiger partial charge on any atom is -0.366 e. The third kappa shape index (κ3) is 3.20. The molecule has 4 N–H and O–H groups in total. The third-order valence-electron chi connectivity index (χ3n) is 5.55. The molecule has 1 amide bonds. The highest BCUT2D eigenvalue weighted by Crippen LogP contribution is 2.36. The number of benzene rings is 1. The summed E-state index contributed by atoms with van der Waals surface area (Å²) in [5, 5.41) is 7.84. The van der Waals surface area contributed by atoms with Crippen LogP contribution in [0.5, 0.6) is 0 Å². The van der Waals surface area contributed by atoms with Crippen LogP contribution in [0.1, 0.15) is 41.6 Å². The van der Waals surface area contributed by atoms with Gasteiger partial charge in [0.2, 0.25) is 10.0 Å². The molecule has 0 atom stereocenters. The van der Waals surface area contributed by atoms with Crippen LogP contribution in [-0.4, -0.2) is 52.7 Å². The van der Waals surface area contributed by atoms with Gasteiger partial charge < -0.3 is 10.7 Å². The van der Waals surface area contributed by atoms with Crippen molar-refractivity contribution in [2.24, 2.45) is 5.73 Å². The van der Waals surface area contributed by atoms with E-state index in [0.29, 0.717) is 18.7 Å². The highest BCUT2D eigenvalue weighted by Gasteiger charge is 2.29. The van der Waals surface area contributed by atoms with Crippen molar-refractivity contribution in [3.63, 3.8) is 0 Å². The van der Waals surface area contributed by atoms with Crippen LogP contribution in [0.15, 0.2) is 30.6 Å². The van der Waals surface area contributed by atoms with E-state index in [1.54, 1.807) is 23.5 Å². The SMILES string of the molecule is CCS(=O)(=O)N1CCC(c2c[nH]c3c(C(N)=O)cc(-c4ccn[nH]4)cc23)CC1. The van der Waals surface area contributed by atoms with E-state index in [0.717, 1.165) is 40.6 Å². The van der Waals surface area contributed by atoms with Gasteiger partial charge in [0.25, 0.3) is 5.91 Å². The van der Waals surface area contributed by atoms with Gasteiger partial charge in [-0.1, -0.05) is 0 Å². The number of primary amides is 1. The maximum atomic E-state index is 12.1. The van der Waals surface area contributed by atoms with Crippen LogP contribution in [0.4, 0.5) is 0 Å². The Labute approximate surface area is 163 Å². The van der Waals surface area contributed by atoms with Crippen LogP contribution >= 0.6 is 0 Å². The Hall–Kier alpha value is -2.65. The molecular formula is C19H23N5O3S. The van der Waals surface area contributed by atoms with Crippen LogP contribution < -0.4 is 5.73 Å². The van der Waals surface area contributed by atoms with E-state index in [4.69, 9.17) is 5.73 Å². The molecule has 0 bridgehead atoms. The maximum Gasteiger partial charge on any atom is 0.250 e. The number of aromatic nitrogens is 3. The van der Waals surface area contributed by atoms with Gasteiger partial charge in [-0.3, -0.25) is 9.89 Å². The predicted octanol–water partition coefficient (Wildman–Crippen LogP) is 2.19. The number of piperidine rings is 1. The van der Waals surface area contributed by atoms with E-state index in [2.05, 4.69) is 15.2 Å². The minimum absolute atomic E-state index is 0.125. The topological polar surface area (TPSA) is 125 Å². The Morgan fingerprint density at radius 2 is 2.07 bits per heavy atom. The first-order valence-corrected chi connectivity index (χ1v) is 10.9. The Balaban J connectivity index is 1.72. The van der Waals surface area contributed by atoms with Crippen molar-refractivity contribution in [3.05, 3.63) is 41.7 Å². The second-order valence-electron chi connectivity index (χ2n) is 7.10. The summed E-state index contributed by atoms with van der Waals surface area (Å²) >= 11 is 0. The molecule has 1 aliphatic heterocycles. The number of rotatable bonds is 5. The summed E-state index contributed by atoms with van der Waals surface area (Å²) in [6, 6.07) is 5.62. The number of amides is 1. The largest absolute Gasteiger partial charge is 0.366 e. The summed E-state index contributed by atoms with van der Waals surface area (Å²) in [4.78, 5) is 15.2. The summed E-state index contributed by atoms with van der Waals surface area (Å²) < 4.78 is 25.8. The molecule has 0 aliphatic carbocycles. The lowest BCUT2D eigenvalue weighted by Crippen LogP contribution is -2.38. The third-order valence-corrected chi connectivity index (χ3v) is 7.43. The lowest BCUT2D eigenvalue weighted by atomic mass is 9.89. The number of nitrogens with zero attached hydrogens (tertiary/aromatic N) is 2. The standard InChI is InChI=1S/C19H23N5O3S/c1-2-28(26,27)24-7-4-12(5-8-24)16-11-21-18-14(16)9-13(10-15(18)19(20)25)17-3-6-22-23-17/h3,6,9-12,21H,2,4-5,7-8H2,1H3,(H2,20,25)(H,22,23). The van der Waals surface area contributed by atoms with Crippen LogP contribution in [0.3, 0.4) is 0 Å². The molecule has 1 aliphatic rings. The number of H-pyrrole nitrogens is 2. The Kier molecular flexibility index (Phi) is 4.72. The molecule has 4 rings (SSSR count). The molecule has 0 spiro atoms. The first kappa shape index (κ1) is 18.7. The van der Waals surface area contributed by atoms with Gasteiger partial charge in [-0.15, -0.1) is 0 Å². The molecule has 1 saturated heterocycles. The average molecular weight is 401 g/mol. The number of nitrogens with one attached hydrogen (secondary N) is 2. The van der Waals surface area contributed by atoms with Crippen LogP contribution in [-0.2, 0) is 10.0 Å².